The van der Waals surface area contributed by atoms with E-state index < -0.39 is 23.9 Å². The lowest BCUT2D eigenvalue weighted by molar-refractivity contribution is -0.140. The van der Waals surface area contributed by atoms with E-state index in [0.29, 0.717) is 124 Å². The molecule has 2 fully saturated rings. The number of ether oxygens (including phenoxy) is 2. The Morgan fingerprint density at radius 2 is 0.824 bits per heavy atom. The van der Waals surface area contributed by atoms with Crippen molar-refractivity contribution in [3.05, 3.63) is 29.3 Å². The number of benzene rings is 1. The fraction of sp³-hybridized carbons (Fsp3) is 0.667. The first-order valence-electron chi connectivity index (χ1n) is 17.1. The van der Waals surface area contributed by atoms with Crippen molar-refractivity contribution < 1.29 is 49.1 Å². The highest BCUT2D eigenvalue weighted by Gasteiger charge is 2.20. The Labute approximate surface area is 303 Å². The highest BCUT2D eigenvalue weighted by molar-refractivity contribution is 7.78. The molecular weight excluding hydrogens is 686 g/mol. The summed E-state index contributed by atoms with van der Waals surface area (Å²) in [5, 5.41) is 40.3. The van der Waals surface area contributed by atoms with Crippen LogP contribution >= 0.6 is 12.2 Å². The number of carboxylic acid groups (broad SMARTS) is 4. The van der Waals surface area contributed by atoms with Gasteiger partial charge in [-0.25, -0.2) is 0 Å². The van der Waals surface area contributed by atoms with E-state index in [0.717, 1.165) is 11.1 Å². The first-order chi connectivity index (χ1) is 24.5. The Kier molecular flexibility index (Phi) is 19.1. The summed E-state index contributed by atoms with van der Waals surface area (Å²) in [7, 11) is 0. The molecule has 0 amide bonds. The van der Waals surface area contributed by atoms with Gasteiger partial charge in [0.05, 0.1) is 63.5 Å². The molecule has 1 aromatic rings. The number of hydrogen-bond acceptors (Lipinski definition) is 14. The predicted octanol–water partition coefficient (Wildman–Crippen LogP) is -0.368. The van der Waals surface area contributed by atoms with Gasteiger partial charge in [0.1, 0.15) is 0 Å². The zero-order valence-electron chi connectivity index (χ0n) is 29.1. The molecule has 2 saturated heterocycles. The fourth-order valence-corrected chi connectivity index (χ4v) is 6.16. The zero-order chi connectivity index (χ0) is 37.0. The smallest absolute Gasteiger partial charge is 0.317 e. The topological polar surface area (TPSA) is 199 Å². The van der Waals surface area contributed by atoms with Crippen LogP contribution in [0.25, 0.3) is 0 Å². The number of aliphatic imine (C=N–C) groups is 1. The van der Waals surface area contributed by atoms with Crippen LogP contribution in [0.2, 0.25) is 0 Å². The highest BCUT2D eigenvalue weighted by atomic mass is 32.1. The van der Waals surface area contributed by atoms with E-state index in [1.807, 2.05) is 31.7 Å². The van der Waals surface area contributed by atoms with E-state index in [9.17, 15) is 39.6 Å². The zero-order valence-corrected chi connectivity index (χ0v) is 29.9. The lowest BCUT2D eigenvalue weighted by Gasteiger charge is -2.31. The normalized spacial score (nSPS) is 19.8. The number of thiocarbonyl (C=S) groups is 1. The van der Waals surface area contributed by atoms with Crippen molar-refractivity contribution in [1.82, 2.24) is 29.4 Å². The molecule has 0 atom stereocenters. The second kappa shape index (κ2) is 23.2. The minimum absolute atomic E-state index is 0.123. The van der Waals surface area contributed by atoms with Crippen LogP contribution < -0.4 is 0 Å². The van der Waals surface area contributed by atoms with Gasteiger partial charge in [-0.3, -0.25) is 48.6 Å². The van der Waals surface area contributed by atoms with E-state index >= 15 is 0 Å². The van der Waals surface area contributed by atoms with Crippen LogP contribution in [0.15, 0.2) is 23.2 Å². The molecule has 0 spiro atoms. The maximum atomic E-state index is 11.5. The van der Waals surface area contributed by atoms with Gasteiger partial charge in [0.15, 0.2) is 0 Å². The number of carboxylic acids is 4. The van der Waals surface area contributed by atoms with E-state index in [-0.39, 0.29) is 26.2 Å². The Morgan fingerprint density at radius 3 is 1.10 bits per heavy atom. The summed E-state index contributed by atoms with van der Waals surface area (Å²) in [5.74, 6) is -3.71. The van der Waals surface area contributed by atoms with E-state index in [1.54, 1.807) is 0 Å². The molecule has 0 saturated carbocycles. The van der Waals surface area contributed by atoms with Crippen LogP contribution in [-0.4, -0.2) is 210 Å². The number of rotatable bonds is 13. The average molecular weight is 738 g/mol. The largest absolute Gasteiger partial charge is 0.480 e. The lowest BCUT2D eigenvalue weighted by atomic mass is 10.1. The number of nitrogens with zero attached hydrogens (tertiary/aromatic N) is 7. The van der Waals surface area contributed by atoms with E-state index in [2.05, 4.69) is 26.0 Å². The van der Waals surface area contributed by atoms with Crippen molar-refractivity contribution in [1.29, 1.82) is 0 Å². The molecule has 0 aliphatic carbocycles. The van der Waals surface area contributed by atoms with Gasteiger partial charge < -0.3 is 29.9 Å². The van der Waals surface area contributed by atoms with Crippen molar-refractivity contribution in [2.45, 2.75) is 13.1 Å². The average Bonchev–Trinajstić information content (AvgIpc) is 3.03. The molecule has 284 valence electrons. The Bertz CT molecular complexity index is 1190. The molecule has 1 aromatic carbocycles. The maximum Gasteiger partial charge on any atom is 0.317 e. The van der Waals surface area contributed by atoms with Gasteiger partial charge in [-0.2, -0.15) is 4.99 Å². The predicted molar refractivity (Wildman–Crippen MR) is 190 cm³/mol. The quantitative estimate of drug-likeness (QED) is 0.151. The first-order valence-corrected chi connectivity index (χ1v) is 17.5. The summed E-state index contributed by atoms with van der Waals surface area (Å²) in [6, 6.07) is 5.89. The fourth-order valence-electron chi connectivity index (χ4n) is 6.05. The monoisotopic (exact) mass is 737 g/mol. The number of carbonyl (C=O) groups is 4. The van der Waals surface area contributed by atoms with Crippen molar-refractivity contribution in [2.75, 3.05) is 131 Å². The van der Waals surface area contributed by atoms with Crippen LogP contribution in [0.5, 0.6) is 0 Å². The molecular formula is C33H51N7O10S. The van der Waals surface area contributed by atoms with Gasteiger partial charge in [-0.1, -0.05) is 6.07 Å². The number of aliphatic carboxylic acids is 4. The van der Waals surface area contributed by atoms with Gasteiger partial charge in [0.2, 0.25) is 0 Å². The van der Waals surface area contributed by atoms with E-state index in [4.69, 9.17) is 21.7 Å². The molecule has 0 unspecified atom stereocenters. The molecule has 2 heterocycles. The van der Waals surface area contributed by atoms with Crippen LogP contribution in [0.4, 0.5) is 5.69 Å². The van der Waals surface area contributed by atoms with Gasteiger partial charge in [-0.15, -0.1) is 0 Å². The number of hydrogen-bond donors (Lipinski definition) is 4. The molecule has 0 aromatic heterocycles. The van der Waals surface area contributed by atoms with Crippen molar-refractivity contribution >= 4 is 46.9 Å². The molecule has 2 aliphatic heterocycles. The minimum Gasteiger partial charge on any atom is -0.480 e. The minimum atomic E-state index is -0.927. The molecule has 2 aliphatic rings. The molecule has 0 bridgehead atoms. The van der Waals surface area contributed by atoms with Gasteiger partial charge in [0, 0.05) is 91.6 Å². The summed E-state index contributed by atoms with van der Waals surface area (Å²) in [5.41, 5.74) is 2.46. The Balaban J connectivity index is 1.86. The molecule has 51 heavy (non-hydrogen) atoms. The maximum absolute atomic E-state index is 11.5. The lowest BCUT2D eigenvalue weighted by Crippen LogP contribution is -2.44. The van der Waals surface area contributed by atoms with Gasteiger partial charge in [0.25, 0.3) is 0 Å². The molecule has 18 heteroatoms. The first kappa shape index (κ1) is 42.0. The second-order valence-electron chi connectivity index (χ2n) is 12.7. The second-order valence-corrected chi connectivity index (χ2v) is 12.8. The standard InChI is InChI=1S/C33H51N7O10S/c41-30(42)22-37-5-1-35(2-6-38(23-31(43)44)10-14-49-13-9-37)20-27-17-28(19-29(18-27)34-26-51)21-36-3-7-39(24-32(45)46)11-15-50-16-12-40(8-4-36)25-33(47)48/h17-19H,1-16,20-25H2,(H,41,42)(H,43,44)(H,45,46)(H,47,48). The van der Waals surface area contributed by atoms with Crippen molar-refractivity contribution in [3.8, 4) is 0 Å². The highest BCUT2D eigenvalue weighted by Crippen LogP contribution is 2.21. The van der Waals surface area contributed by atoms with Crippen LogP contribution in [0.1, 0.15) is 11.1 Å². The number of isothiocyanates is 1. The van der Waals surface area contributed by atoms with Gasteiger partial charge in [-0.05, 0) is 35.5 Å². The van der Waals surface area contributed by atoms with Crippen LogP contribution in [0, 0.1) is 0 Å². The summed E-state index contributed by atoms with van der Waals surface area (Å²) in [6.07, 6.45) is 0. The summed E-state index contributed by atoms with van der Waals surface area (Å²) < 4.78 is 11.3. The third-order valence-corrected chi connectivity index (χ3v) is 8.69. The summed E-state index contributed by atoms with van der Waals surface area (Å²) >= 11 is 4.93. The Morgan fingerprint density at radius 1 is 0.529 bits per heavy atom. The van der Waals surface area contributed by atoms with Gasteiger partial charge >= 0.3 is 23.9 Å². The third kappa shape index (κ3) is 18.1. The van der Waals surface area contributed by atoms with Crippen molar-refractivity contribution in [3.63, 3.8) is 0 Å². The molecule has 0 radical (unpaired) electrons. The van der Waals surface area contributed by atoms with E-state index in [1.165, 1.54) is 0 Å². The van der Waals surface area contributed by atoms with Crippen molar-refractivity contribution in [2.24, 2.45) is 4.99 Å². The molecule has 17 nitrogen and oxygen atoms in total. The summed E-state index contributed by atoms with van der Waals surface area (Å²) in [4.78, 5) is 62.1. The van der Waals surface area contributed by atoms with Crippen LogP contribution in [0.3, 0.4) is 0 Å². The molecule has 4 N–H and O–H groups in total. The van der Waals surface area contributed by atoms with Crippen LogP contribution in [-0.2, 0) is 41.7 Å². The SMILES string of the molecule is O=C(O)CN1CCOCCN(CC(=O)O)CCN(Cc2cc(CN3CCN(CC(=O)O)CCOCCN(CC(=O)O)CC3)cc(N=C=S)c2)CC1. The summed E-state index contributed by atoms with van der Waals surface area (Å²) in [6.45, 7) is 7.51. The molecule has 3 rings (SSSR count). The Hall–Kier alpha value is -3.42. The third-order valence-electron chi connectivity index (χ3n) is 8.60.